The van der Waals surface area contributed by atoms with Crippen molar-refractivity contribution in [2.45, 2.75) is 117 Å². The Kier molecular flexibility index (Phi) is 16.9. The fourth-order valence-electron chi connectivity index (χ4n) is 3.23. The van der Waals surface area contributed by atoms with Crippen LogP contribution in [0, 0.1) is 0 Å². The highest BCUT2D eigenvalue weighted by Gasteiger charge is 2.28. The first kappa shape index (κ1) is 41.2. The number of nitrogens with one attached hydrogen (secondary N) is 8. The summed E-state index contributed by atoms with van der Waals surface area (Å²) in [5, 5.41) is 27.7. The lowest BCUT2D eigenvalue weighted by Gasteiger charge is -2.23. The van der Waals surface area contributed by atoms with E-state index in [1.807, 2.05) is 0 Å². The highest BCUT2D eigenvalue weighted by Crippen LogP contribution is 1.95. The van der Waals surface area contributed by atoms with E-state index in [1.54, 1.807) is 0 Å². The number of hydrogen-bond donors (Lipinski definition) is 10. The molecule has 46 heavy (non-hydrogen) atoms. The molecular weight excluding hydrogens is 610 g/mol. The third-order valence-electron chi connectivity index (χ3n) is 6.41. The summed E-state index contributed by atoms with van der Waals surface area (Å²) in [6.45, 7) is 12.1. The van der Waals surface area contributed by atoms with E-state index < -0.39 is 108 Å². The highest BCUT2D eigenvalue weighted by molar-refractivity contribution is 5.97. The maximum atomic E-state index is 12.6. The molecule has 0 rings (SSSR count). The minimum Gasteiger partial charge on any atom is -0.480 e. The van der Waals surface area contributed by atoms with Gasteiger partial charge < -0.3 is 53.4 Å². The fourth-order valence-corrected chi connectivity index (χ4v) is 3.23. The second kappa shape index (κ2) is 18.9. The molecule has 0 fully saturated rings. The van der Waals surface area contributed by atoms with Crippen molar-refractivity contribution in [3.63, 3.8) is 0 Å². The summed E-state index contributed by atoms with van der Waals surface area (Å²) in [6, 6.07) is -9.74. The molecule has 260 valence electrons. The van der Waals surface area contributed by atoms with E-state index in [-0.39, 0.29) is 0 Å². The van der Waals surface area contributed by atoms with Crippen LogP contribution in [0.3, 0.4) is 0 Å². The lowest BCUT2D eigenvalue weighted by atomic mass is 10.2. The van der Waals surface area contributed by atoms with Crippen LogP contribution in [0.1, 0.15) is 62.3 Å². The van der Waals surface area contributed by atoms with Crippen LogP contribution in [-0.4, -0.2) is 113 Å². The van der Waals surface area contributed by atoms with Gasteiger partial charge in [-0.25, -0.2) is 0 Å². The van der Waals surface area contributed by atoms with Gasteiger partial charge in [0.15, 0.2) is 0 Å². The monoisotopic (exact) mass is 657 g/mol. The van der Waals surface area contributed by atoms with Crippen molar-refractivity contribution in [2.75, 3.05) is 0 Å². The zero-order valence-corrected chi connectivity index (χ0v) is 27.4. The van der Waals surface area contributed by atoms with E-state index >= 15 is 0 Å². The summed E-state index contributed by atoms with van der Waals surface area (Å²) >= 11 is 0. The van der Waals surface area contributed by atoms with Gasteiger partial charge in [-0.3, -0.25) is 43.2 Å². The van der Waals surface area contributed by atoms with Crippen molar-refractivity contribution in [3.05, 3.63) is 0 Å². The zero-order valence-electron chi connectivity index (χ0n) is 27.4. The van der Waals surface area contributed by atoms with Gasteiger partial charge in [0.1, 0.15) is 48.3 Å². The van der Waals surface area contributed by atoms with E-state index in [1.165, 1.54) is 62.3 Å². The Morgan fingerprint density at radius 2 is 0.500 bits per heavy atom. The van der Waals surface area contributed by atoms with Gasteiger partial charge in [0.25, 0.3) is 0 Å². The quantitative estimate of drug-likeness (QED) is 0.0710. The molecule has 0 radical (unpaired) electrons. The maximum Gasteiger partial charge on any atom is 0.325 e. The Hall–Kier alpha value is -4.81. The van der Waals surface area contributed by atoms with E-state index in [2.05, 4.69) is 42.5 Å². The second-order valence-electron chi connectivity index (χ2n) is 11.0. The molecule has 19 heteroatoms. The molecule has 0 bridgehead atoms. The number of carboxylic acids is 1. The number of aliphatic carboxylic acids is 1. The average Bonchev–Trinajstić information content (AvgIpc) is 2.95. The van der Waals surface area contributed by atoms with Gasteiger partial charge in [-0.2, -0.15) is 0 Å². The van der Waals surface area contributed by atoms with Gasteiger partial charge in [0.05, 0.1) is 6.04 Å². The third kappa shape index (κ3) is 14.3. The number of amides is 8. The van der Waals surface area contributed by atoms with Gasteiger partial charge >= 0.3 is 5.97 Å². The molecule has 0 aromatic rings. The van der Waals surface area contributed by atoms with Crippen LogP contribution in [-0.2, 0) is 43.2 Å². The molecule has 0 aliphatic rings. The molecule has 0 aliphatic carbocycles. The van der Waals surface area contributed by atoms with Crippen molar-refractivity contribution in [1.29, 1.82) is 0 Å². The smallest absolute Gasteiger partial charge is 0.325 e. The van der Waals surface area contributed by atoms with E-state index in [0.717, 1.165) is 0 Å². The number of carboxylic acid groups (broad SMARTS) is 1. The third-order valence-corrected chi connectivity index (χ3v) is 6.41. The second-order valence-corrected chi connectivity index (χ2v) is 11.0. The molecule has 0 aromatic heterocycles. The van der Waals surface area contributed by atoms with Crippen molar-refractivity contribution in [2.24, 2.45) is 5.73 Å². The van der Waals surface area contributed by atoms with Gasteiger partial charge in [-0.1, -0.05) is 0 Å². The van der Waals surface area contributed by atoms with E-state index in [9.17, 15) is 43.2 Å². The summed E-state index contributed by atoms with van der Waals surface area (Å²) in [5.41, 5.74) is 5.45. The SMILES string of the molecule is C[C@@H](N)C(=O)N[C@H](C)C(=O)N[C@H](C)C(=O)N[C@H](C)C(=O)N[C@H](C)C(=O)N[C@H](C)C(=O)N[C@H](C)C(=O)N[C@H](C)C(=O)N[C@H](C)C(=O)O. The largest absolute Gasteiger partial charge is 0.480 e. The molecule has 0 aromatic carbocycles. The molecule has 19 nitrogen and oxygen atoms in total. The van der Waals surface area contributed by atoms with Gasteiger partial charge in [0, 0.05) is 0 Å². The molecule has 0 saturated heterocycles. The maximum absolute atomic E-state index is 12.6. The first-order valence-electron chi connectivity index (χ1n) is 14.5. The number of hydrogen-bond acceptors (Lipinski definition) is 10. The Morgan fingerprint density at radius 3 is 0.652 bits per heavy atom. The van der Waals surface area contributed by atoms with E-state index in [4.69, 9.17) is 10.8 Å². The van der Waals surface area contributed by atoms with Crippen LogP contribution < -0.4 is 48.3 Å². The lowest BCUT2D eigenvalue weighted by molar-refractivity contribution is -0.141. The molecule has 8 amide bonds. The van der Waals surface area contributed by atoms with Gasteiger partial charge in [-0.05, 0) is 62.3 Å². The van der Waals surface area contributed by atoms with Gasteiger partial charge in [-0.15, -0.1) is 0 Å². The molecule has 0 spiro atoms. The number of nitrogens with two attached hydrogens (primary N) is 1. The Bertz CT molecular complexity index is 1180. The lowest BCUT2D eigenvalue weighted by Crippen LogP contribution is -2.58. The Morgan fingerprint density at radius 1 is 0.348 bits per heavy atom. The molecule has 0 unspecified atom stereocenters. The van der Waals surface area contributed by atoms with Crippen molar-refractivity contribution in [1.82, 2.24) is 42.5 Å². The number of rotatable bonds is 17. The number of carbonyl (C=O) groups is 9. The molecule has 0 heterocycles. The summed E-state index contributed by atoms with van der Waals surface area (Å²) in [4.78, 5) is 109. The Labute approximate surface area is 266 Å². The van der Waals surface area contributed by atoms with Crippen LogP contribution in [0.2, 0.25) is 0 Å². The Balaban J connectivity index is 4.81. The van der Waals surface area contributed by atoms with Crippen LogP contribution in [0.4, 0.5) is 0 Å². The van der Waals surface area contributed by atoms with Crippen molar-refractivity contribution < 1.29 is 48.3 Å². The van der Waals surface area contributed by atoms with Crippen LogP contribution >= 0.6 is 0 Å². The van der Waals surface area contributed by atoms with Crippen LogP contribution in [0.5, 0.6) is 0 Å². The fraction of sp³-hybridized carbons (Fsp3) is 0.667. The van der Waals surface area contributed by atoms with Crippen molar-refractivity contribution in [3.8, 4) is 0 Å². The van der Waals surface area contributed by atoms with Gasteiger partial charge in [0.2, 0.25) is 47.3 Å². The minimum atomic E-state index is -1.26. The standard InChI is InChI=1S/C27H47N9O10/c1-10(28)19(37)29-11(2)20(38)30-12(3)21(39)31-13(4)22(40)32-14(5)23(41)33-15(6)24(42)34-16(7)25(43)35-17(8)26(44)36-18(9)27(45)46/h10-18H,28H2,1-9H3,(H,29,37)(H,30,38)(H,31,39)(H,32,40)(H,33,41)(H,34,42)(H,35,43)(H,36,44)(H,45,46)/t10-,11-,12-,13-,14-,15-,16-,17-,18-/m1/s1. The zero-order chi connectivity index (χ0) is 36.0. The summed E-state index contributed by atoms with van der Waals surface area (Å²) in [5.74, 6) is -6.94. The average molecular weight is 658 g/mol. The van der Waals surface area contributed by atoms with Crippen molar-refractivity contribution >= 4 is 53.2 Å². The predicted molar refractivity (Wildman–Crippen MR) is 162 cm³/mol. The molecule has 11 N–H and O–H groups in total. The minimum absolute atomic E-state index is 0.556. The topological polar surface area (TPSA) is 296 Å². The summed E-state index contributed by atoms with van der Waals surface area (Å²) < 4.78 is 0. The molecule has 0 aliphatic heterocycles. The normalized spacial score (nSPS) is 16.6. The summed E-state index contributed by atoms with van der Waals surface area (Å²) in [7, 11) is 0. The highest BCUT2D eigenvalue weighted by atomic mass is 16.4. The van der Waals surface area contributed by atoms with Crippen LogP contribution in [0.15, 0.2) is 0 Å². The first-order valence-corrected chi connectivity index (χ1v) is 14.5. The number of carbonyl (C=O) groups excluding carboxylic acids is 8. The van der Waals surface area contributed by atoms with E-state index in [0.29, 0.717) is 0 Å². The molecule has 0 saturated carbocycles. The molecular formula is C27H47N9O10. The van der Waals surface area contributed by atoms with Crippen LogP contribution in [0.25, 0.3) is 0 Å². The summed E-state index contributed by atoms with van der Waals surface area (Å²) in [6.07, 6.45) is 0. The first-order chi connectivity index (χ1) is 21.1. The predicted octanol–water partition coefficient (Wildman–Crippen LogP) is -4.54. The molecule has 9 atom stereocenters.